The number of piperazine rings is 1. The molecule has 0 saturated carbocycles. The monoisotopic (exact) mass is 471 g/mol. The summed E-state index contributed by atoms with van der Waals surface area (Å²) in [6, 6.07) is 14.6. The molecular weight excluding hydrogens is 445 g/mol. The van der Waals surface area contributed by atoms with Crippen LogP contribution in [-0.4, -0.2) is 50.3 Å². The number of amides is 1. The summed E-state index contributed by atoms with van der Waals surface area (Å²) in [6.45, 7) is 4.50. The van der Waals surface area contributed by atoms with Gasteiger partial charge >= 0.3 is 0 Å². The molecule has 2 aromatic carbocycles. The number of hydrogen-bond acceptors (Lipinski definition) is 5. The summed E-state index contributed by atoms with van der Waals surface area (Å²) in [4.78, 5) is 17.0. The van der Waals surface area contributed by atoms with Gasteiger partial charge < -0.3 is 9.32 Å². The Morgan fingerprint density at radius 2 is 1.82 bits per heavy atom. The number of nitrogens with zero attached hydrogens (tertiary/aromatic N) is 2. The summed E-state index contributed by atoms with van der Waals surface area (Å²) in [6.07, 6.45) is 1.47. The molecule has 0 radical (unpaired) electrons. The maximum absolute atomic E-state index is 13.9. The second-order valence-corrected chi connectivity index (χ2v) is 9.81. The summed E-state index contributed by atoms with van der Waals surface area (Å²) in [5, 5.41) is 0. The van der Waals surface area contributed by atoms with Crippen LogP contribution in [-0.2, 0) is 23.1 Å². The smallest absolute Gasteiger partial charge is 0.254 e. The van der Waals surface area contributed by atoms with Crippen LogP contribution in [0.25, 0.3) is 0 Å². The Balaban J connectivity index is 1.41. The van der Waals surface area contributed by atoms with Crippen molar-refractivity contribution in [3.8, 4) is 0 Å². The zero-order valence-electron chi connectivity index (χ0n) is 18.3. The molecule has 0 atom stereocenters. The molecular formula is C24H26FN3O4S. The predicted octanol–water partition coefficient (Wildman–Crippen LogP) is 3.16. The molecule has 174 valence electrons. The third-order valence-corrected chi connectivity index (χ3v) is 7.18. The van der Waals surface area contributed by atoms with Crippen LogP contribution >= 0.6 is 0 Å². The molecule has 0 aliphatic carbocycles. The predicted molar refractivity (Wildman–Crippen MR) is 121 cm³/mol. The van der Waals surface area contributed by atoms with Crippen LogP contribution in [0.15, 0.2) is 70.2 Å². The van der Waals surface area contributed by atoms with Crippen LogP contribution < -0.4 is 4.72 Å². The third-order valence-electron chi connectivity index (χ3n) is 5.78. The number of halogens is 1. The quantitative estimate of drug-likeness (QED) is 0.572. The lowest BCUT2D eigenvalue weighted by atomic mass is 10.1. The van der Waals surface area contributed by atoms with Gasteiger partial charge in [-0.3, -0.25) is 9.69 Å². The first-order valence-electron chi connectivity index (χ1n) is 10.7. The van der Waals surface area contributed by atoms with E-state index in [-0.39, 0.29) is 23.2 Å². The molecule has 1 saturated heterocycles. The molecule has 1 aliphatic heterocycles. The lowest BCUT2D eigenvalue weighted by Gasteiger charge is -2.35. The summed E-state index contributed by atoms with van der Waals surface area (Å²) in [5.41, 5.74) is 1.70. The largest absolute Gasteiger partial charge is 0.468 e. The van der Waals surface area contributed by atoms with Crippen molar-refractivity contribution in [2.45, 2.75) is 24.9 Å². The molecule has 1 aromatic heterocycles. The van der Waals surface area contributed by atoms with Gasteiger partial charge in [0.15, 0.2) is 0 Å². The van der Waals surface area contributed by atoms with Crippen LogP contribution in [0.3, 0.4) is 0 Å². The standard InChI is InChI=1S/C24H26FN3O4S/c1-18-8-9-21(33(30,31)26-16-20-6-4-14-32-20)15-22(18)24(29)28-12-10-27(11-13-28)17-19-5-2-3-7-23(19)25/h2-9,14-15,26H,10-13,16-17H2,1H3. The maximum atomic E-state index is 13.9. The van der Waals surface area contributed by atoms with Gasteiger partial charge in [-0.15, -0.1) is 0 Å². The van der Waals surface area contributed by atoms with E-state index in [0.717, 1.165) is 0 Å². The summed E-state index contributed by atoms with van der Waals surface area (Å²) >= 11 is 0. The van der Waals surface area contributed by atoms with Crippen molar-refractivity contribution in [1.29, 1.82) is 0 Å². The number of carbonyl (C=O) groups is 1. The van der Waals surface area contributed by atoms with Gasteiger partial charge in [0.1, 0.15) is 11.6 Å². The summed E-state index contributed by atoms with van der Waals surface area (Å²) in [7, 11) is -3.81. The number of carbonyl (C=O) groups excluding carboxylic acids is 1. The minimum atomic E-state index is -3.81. The first-order valence-corrected chi connectivity index (χ1v) is 12.2. The molecule has 1 fully saturated rings. The lowest BCUT2D eigenvalue weighted by molar-refractivity contribution is 0.0626. The number of sulfonamides is 1. The fraction of sp³-hybridized carbons (Fsp3) is 0.292. The number of hydrogen-bond donors (Lipinski definition) is 1. The van der Waals surface area contributed by atoms with E-state index >= 15 is 0 Å². The number of nitrogens with one attached hydrogen (secondary N) is 1. The SMILES string of the molecule is Cc1ccc(S(=O)(=O)NCc2ccco2)cc1C(=O)N1CCN(Cc2ccccc2F)CC1. The Bertz CT molecular complexity index is 1220. The van der Waals surface area contributed by atoms with Gasteiger partial charge in [0.25, 0.3) is 5.91 Å². The molecule has 0 unspecified atom stereocenters. The highest BCUT2D eigenvalue weighted by molar-refractivity contribution is 7.89. The molecule has 2 heterocycles. The molecule has 3 aromatic rings. The van der Waals surface area contributed by atoms with E-state index in [9.17, 15) is 17.6 Å². The van der Waals surface area contributed by atoms with Gasteiger partial charge in [0.05, 0.1) is 17.7 Å². The van der Waals surface area contributed by atoms with E-state index in [1.807, 2.05) is 6.07 Å². The Morgan fingerprint density at radius 3 is 2.52 bits per heavy atom. The van der Waals surface area contributed by atoms with Crippen molar-refractivity contribution in [3.63, 3.8) is 0 Å². The highest BCUT2D eigenvalue weighted by atomic mass is 32.2. The van der Waals surface area contributed by atoms with Gasteiger partial charge in [-0.25, -0.2) is 17.5 Å². The van der Waals surface area contributed by atoms with Crippen molar-refractivity contribution in [2.24, 2.45) is 0 Å². The van der Waals surface area contributed by atoms with Crippen LogP contribution in [0.1, 0.15) is 27.2 Å². The molecule has 7 nitrogen and oxygen atoms in total. The van der Waals surface area contributed by atoms with Crippen LogP contribution in [0.2, 0.25) is 0 Å². The topological polar surface area (TPSA) is 82.9 Å². The normalized spacial score (nSPS) is 15.0. The second-order valence-electron chi connectivity index (χ2n) is 8.04. The Hall–Kier alpha value is -3.01. The van der Waals surface area contributed by atoms with E-state index in [4.69, 9.17) is 4.42 Å². The average molecular weight is 472 g/mol. The molecule has 1 aliphatic rings. The Morgan fingerprint density at radius 1 is 1.06 bits per heavy atom. The van der Waals surface area contributed by atoms with Gasteiger partial charge in [0.2, 0.25) is 10.0 Å². The highest BCUT2D eigenvalue weighted by Crippen LogP contribution is 2.20. The Labute approximate surface area is 192 Å². The van der Waals surface area contributed by atoms with E-state index in [1.165, 1.54) is 24.5 Å². The number of benzene rings is 2. The second kappa shape index (κ2) is 9.86. The zero-order chi connectivity index (χ0) is 23.4. The first kappa shape index (κ1) is 23.2. The summed E-state index contributed by atoms with van der Waals surface area (Å²) < 4.78 is 47.0. The number of furan rings is 1. The highest BCUT2D eigenvalue weighted by Gasteiger charge is 2.25. The minimum absolute atomic E-state index is 0.0243. The van der Waals surface area contributed by atoms with Crippen molar-refractivity contribution in [2.75, 3.05) is 26.2 Å². The van der Waals surface area contributed by atoms with Crippen LogP contribution in [0.4, 0.5) is 4.39 Å². The lowest BCUT2D eigenvalue weighted by Crippen LogP contribution is -2.48. The van der Waals surface area contributed by atoms with Gasteiger partial charge in [0, 0.05) is 43.9 Å². The van der Waals surface area contributed by atoms with Gasteiger partial charge in [-0.1, -0.05) is 24.3 Å². The average Bonchev–Trinajstić information content (AvgIpc) is 3.33. The molecule has 33 heavy (non-hydrogen) atoms. The molecule has 0 spiro atoms. The van der Waals surface area contributed by atoms with Gasteiger partial charge in [-0.2, -0.15) is 0 Å². The summed E-state index contributed by atoms with van der Waals surface area (Å²) in [5.74, 6) is 0.0571. The molecule has 1 N–H and O–H groups in total. The number of aryl methyl sites for hydroxylation is 1. The number of rotatable bonds is 7. The minimum Gasteiger partial charge on any atom is -0.468 e. The fourth-order valence-electron chi connectivity index (χ4n) is 3.81. The van der Waals surface area contributed by atoms with Crippen molar-refractivity contribution in [3.05, 3.63) is 89.1 Å². The molecule has 4 rings (SSSR count). The Kier molecular flexibility index (Phi) is 6.92. The molecule has 9 heteroatoms. The maximum Gasteiger partial charge on any atom is 0.254 e. The van der Waals surface area contributed by atoms with Gasteiger partial charge in [-0.05, 0) is 42.8 Å². The molecule has 1 amide bonds. The molecule has 0 bridgehead atoms. The third kappa shape index (κ3) is 5.50. The van der Waals surface area contributed by atoms with E-state index < -0.39 is 10.0 Å². The van der Waals surface area contributed by atoms with E-state index in [2.05, 4.69) is 9.62 Å². The van der Waals surface area contributed by atoms with Crippen molar-refractivity contribution < 1.29 is 22.0 Å². The van der Waals surface area contributed by atoms with Crippen LogP contribution in [0, 0.1) is 12.7 Å². The van der Waals surface area contributed by atoms with E-state index in [0.29, 0.717) is 55.2 Å². The first-order chi connectivity index (χ1) is 15.8. The zero-order valence-corrected chi connectivity index (χ0v) is 19.1. The fourth-order valence-corrected chi connectivity index (χ4v) is 4.83. The van der Waals surface area contributed by atoms with E-state index in [1.54, 1.807) is 42.2 Å². The van der Waals surface area contributed by atoms with Crippen molar-refractivity contribution in [1.82, 2.24) is 14.5 Å². The van der Waals surface area contributed by atoms with Crippen LogP contribution in [0.5, 0.6) is 0 Å². The van der Waals surface area contributed by atoms with Crippen molar-refractivity contribution >= 4 is 15.9 Å².